The van der Waals surface area contributed by atoms with Crippen molar-refractivity contribution < 1.29 is 0 Å². The Morgan fingerprint density at radius 3 is 2.24 bits per heavy atom. The number of halogens is 2. The maximum atomic E-state index is 5.89. The smallest absolute Gasteiger partial charge is 0.0407 e. The van der Waals surface area contributed by atoms with Crippen molar-refractivity contribution in [2.45, 2.75) is 6.42 Å². The van der Waals surface area contributed by atoms with E-state index >= 15 is 0 Å². The molecule has 1 aromatic rings. The van der Waals surface area contributed by atoms with Gasteiger partial charge in [0, 0.05) is 42.8 Å². The van der Waals surface area contributed by atoms with Gasteiger partial charge < -0.3 is 4.90 Å². The minimum atomic E-state index is 0.761. The van der Waals surface area contributed by atoms with Gasteiger partial charge in [0.2, 0.25) is 0 Å². The highest BCUT2D eigenvalue weighted by Gasteiger charge is 2.16. The van der Waals surface area contributed by atoms with Crippen LogP contribution in [-0.4, -0.2) is 43.5 Å². The van der Waals surface area contributed by atoms with Crippen LogP contribution in [0.1, 0.15) is 6.42 Å². The summed E-state index contributed by atoms with van der Waals surface area (Å²) in [5.74, 6) is 0.761. The molecule has 0 aliphatic carbocycles. The second-order valence-corrected chi connectivity index (χ2v) is 5.16. The average Bonchev–Trinajstić information content (AvgIpc) is 2.38. The number of rotatable bonds is 4. The van der Waals surface area contributed by atoms with E-state index in [1.807, 2.05) is 12.1 Å². The quantitative estimate of drug-likeness (QED) is 0.778. The molecule has 1 heterocycles. The van der Waals surface area contributed by atoms with Crippen LogP contribution >= 0.6 is 23.2 Å². The molecule has 1 fully saturated rings. The molecule has 2 rings (SSSR count). The minimum absolute atomic E-state index is 0.761. The Morgan fingerprint density at radius 1 is 1.00 bits per heavy atom. The van der Waals surface area contributed by atoms with Crippen LogP contribution in [0.15, 0.2) is 24.3 Å². The van der Waals surface area contributed by atoms with E-state index in [-0.39, 0.29) is 0 Å². The van der Waals surface area contributed by atoms with E-state index < -0.39 is 0 Å². The third-order valence-electron chi connectivity index (χ3n) is 3.17. The summed E-state index contributed by atoms with van der Waals surface area (Å²) in [6, 6.07) is 8.10. The van der Waals surface area contributed by atoms with Crippen LogP contribution in [0.2, 0.25) is 5.02 Å². The Kier molecular flexibility index (Phi) is 4.96. The van der Waals surface area contributed by atoms with Gasteiger partial charge in [-0.05, 0) is 37.2 Å². The van der Waals surface area contributed by atoms with Crippen LogP contribution in [0, 0.1) is 0 Å². The van der Waals surface area contributed by atoms with Crippen molar-refractivity contribution in [3.8, 4) is 0 Å². The third kappa shape index (κ3) is 3.77. The summed E-state index contributed by atoms with van der Waals surface area (Å²) in [6.07, 6.45) is 1.09. The van der Waals surface area contributed by atoms with Crippen LogP contribution in [0.4, 0.5) is 5.69 Å². The Bertz CT molecular complexity index is 332. The summed E-state index contributed by atoms with van der Waals surface area (Å²) < 4.78 is 0. The maximum absolute atomic E-state index is 5.89. The molecule has 0 unspecified atom stereocenters. The minimum Gasteiger partial charge on any atom is -0.369 e. The van der Waals surface area contributed by atoms with Gasteiger partial charge in [-0.2, -0.15) is 0 Å². The topological polar surface area (TPSA) is 6.48 Å². The molecule has 1 aromatic carbocycles. The van der Waals surface area contributed by atoms with E-state index in [0.717, 1.165) is 50.0 Å². The summed E-state index contributed by atoms with van der Waals surface area (Å²) in [7, 11) is 0. The lowest BCUT2D eigenvalue weighted by atomic mass is 10.2. The molecule has 0 saturated carbocycles. The molecule has 2 nitrogen and oxygen atoms in total. The van der Waals surface area contributed by atoms with Crippen LogP contribution in [-0.2, 0) is 0 Å². The molecular formula is C13H18Cl2N2. The van der Waals surface area contributed by atoms with Gasteiger partial charge in [-0.3, -0.25) is 4.90 Å². The average molecular weight is 273 g/mol. The predicted octanol–water partition coefficient (Wildman–Crippen LogP) is 3.09. The van der Waals surface area contributed by atoms with Crippen molar-refractivity contribution in [1.82, 2.24) is 4.90 Å². The highest BCUT2D eigenvalue weighted by Crippen LogP contribution is 2.19. The highest BCUT2D eigenvalue weighted by atomic mass is 35.5. The molecule has 0 atom stereocenters. The fourth-order valence-corrected chi connectivity index (χ4v) is 2.41. The predicted molar refractivity (Wildman–Crippen MR) is 75.4 cm³/mol. The van der Waals surface area contributed by atoms with Crippen LogP contribution < -0.4 is 4.90 Å². The summed E-state index contributed by atoms with van der Waals surface area (Å²) in [5.41, 5.74) is 1.27. The van der Waals surface area contributed by atoms with Crippen LogP contribution in [0.3, 0.4) is 0 Å². The van der Waals surface area contributed by atoms with Gasteiger partial charge in [0.15, 0.2) is 0 Å². The lowest BCUT2D eigenvalue weighted by Gasteiger charge is -2.36. The van der Waals surface area contributed by atoms with E-state index in [2.05, 4.69) is 21.9 Å². The molecule has 94 valence electrons. The van der Waals surface area contributed by atoms with Crippen molar-refractivity contribution in [3.63, 3.8) is 0 Å². The third-order valence-corrected chi connectivity index (χ3v) is 3.69. The summed E-state index contributed by atoms with van der Waals surface area (Å²) >= 11 is 11.6. The van der Waals surface area contributed by atoms with E-state index in [1.165, 1.54) is 5.69 Å². The number of hydrogen-bond donors (Lipinski definition) is 0. The lowest BCUT2D eigenvalue weighted by Crippen LogP contribution is -2.46. The summed E-state index contributed by atoms with van der Waals surface area (Å²) in [4.78, 5) is 4.89. The van der Waals surface area contributed by atoms with Gasteiger partial charge in [-0.25, -0.2) is 0 Å². The Hall–Kier alpha value is -0.440. The van der Waals surface area contributed by atoms with E-state index in [4.69, 9.17) is 23.2 Å². The largest absolute Gasteiger partial charge is 0.369 e. The van der Waals surface area contributed by atoms with Gasteiger partial charge in [0.25, 0.3) is 0 Å². The Morgan fingerprint density at radius 2 is 1.65 bits per heavy atom. The van der Waals surface area contributed by atoms with Crippen molar-refractivity contribution in [2.75, 3.05) is 43.5 Å². The lowest BCUT2D eigenvalue weighted by molar-refractivity contribution is 0.259. The standard InChI is InChI=1S/C13H18Cl2N2/c14-6-1-7-16-8-10-17(11-9-16)13-4-2-12(15)3-5-13/h2-5H,1,6-11H2. The van der Waals surface area contributed by atoms with Gasteiger partial charge in [0.05, 0.1) is 0 Å². The van der Waals surface area contributed by atoms with Gasteiger partial charge in [-0.1, -0.05) is 11.6 Å². The van der Waals surface area contributed by atoms with Gasteiger partial charge in [0.1, 0.15) is 0 Å². The van der Waals surface area contributed by atoms with Crippen LogP contribution in [0.25, 0.3) is 0 Å². The Labute approximate surface area is 113 Å². The SMILES string of the molecule is ClCCCN1CCN(c2ccc(Cl)cc2)CC1. The first-order chi connectivity index (χ1) is 8.29. The zero-order valence-electron chi connectivity index (χ0n) is 9.91. The molecule has 1 aliphatic rings. The van der Waals surface area contributed by atoms with Gasteiger partial charge in [-0.15, -0.1) is 11.6 Å². The van der Waals surface area contributed by atoms with E-state index in [0.29, 0.717) is 0 Å². The Balaban J connectivity index is 1.84. The molecule has 0 aromatic heterocycles. The summed E-state index contributed by atoms with van der Waals surface area (Å²) in [5, 5.41) is 0.800. The zero-order chi connectivity index (χ0) is 12.1. The van der Waals surface area contributed by atoms with Crippen molar-refractivity contribution in [3.05, 3.63) is 29.3 Å². The number of benzene rings is 1. The number of piperazine rings is 1. The van der Waals surface area contributed by atoms with Crippen LogP contribution in [0.5, 0.6) is 0 Å². The molecule has 0 spiro atoms. The number of alkyl halides is 1. The first-order valence-corrected chi connectivity index (χ1v) is 6.99. The monoisotopic (exact) mass is 272 g/mol. The highest BCUT2D eigenvalue weighted by molar-refractivity contribution is 6.30. The van der Waals surface area contributed by atoms with Gasteiger partial charge >= 0.3 is 0 Å². The number of nitrogens with zero attached hydrogens (tertiary/aromatic N) is 2. The van der Waals surface area contributed by atoms with Crippen molar-refractivity contribution in [1.29, 1.82) is 0 Å². The second kappa shape index (κ2) is 6.48. The molecule has 0 radical (unpaired) electrons. The number of hydrogen-bond acceptors (Lipinski definition) is 2. The van der Waals surface area contributed by atoms with Crippen molar-refractivity contribution >= 4 is 28.9 Å². The fourth-order valence-electron chi connectivity index (χ4n) is 2.16. The zero-order valence-corrected chi connectivity index (χ0v) is 11.4. The first-order valence-electron chi connectivity index (χ1n) is 6.08. The summed E-state index contributed by atoms with van der Waals surface area (Å²) in [6.45, 7) is 5.55. The second-order valence-electron chi connectivity index (χ2n) is 4.35. The normalized spacial score (nSPS) is 17.4. The molecular weight excluding hydrogens is 255 g/mol. The number of anilines is 1. The molecule has 1 aliphatic heterocycles. The molecule has 0 amide bonds. The fraction of sp³-hybridized carbons (Fsp3) is 0.538. The van der Waals surface area contributed by atoms with Crippen molar-refractivity contribution in [2.24, 2.45) is 0 Å². The maximum Gasteiger partial charge on any atom is 0.0407 e. The first kappa shape index (κ1) is 13.0. The molecule has 1 saturated heterocycles. The molecule has 4 heteroatoms. The van der Waals surface area contributed by atoms with E-state index in [1.54, 1.807) is 0 Å². The molecule has 0 N–H and O–H groups in total. The van der Waals surface area contributed by atoms with E-state index in [9.17, 15) is 0 Å². The molecule has 17 heavy (non-hydrogen) atoms. The molecule has 0 bridgehead atoms.